The number of ether oxygens (including phenoxy) is 1. The van der Waals surface area contributed by atoms with E-state index >= 15 is 0 Å². The van der Waals surface area contributed by atoms with Crippen molar-refractivity contribution in [2.45, 2.75) is 26.6 Å². The number of likely N-dealkylation sites (N-methyl/N-ethyl adjacent to an activating group) is 1. The molecule has 0 radical (unpaired) electrons. The number of piperidine rings is 1. The van der Waals surface area contributed by atoms with Gasteiger partial charge in [-0.25, -0.2) is 0 Å². The van der Waals surface area contributed by atoms with Gasteiger partial charge in [0.25, 0.3) is 0 Å². The minimum Gasteiger partial charge on any atom is -0.372 e. The molecule has 1 aliphatic heterocycles. The summed E-state index contributed by atoms with van der Waals surface area (Å²) in [6.07, 6.45) is 0.365. The molecule has 0 saturated carbocycles. The molecule has 1 aliphatic rings. The van der Waals surface area contributed by atoms with Crippen LogP contribution >= 0.6 is 0 Å². The first-order chi connectivity index (χ1) is 8.16. The summed E-state index contributed by atoms with van der Waals surface area (Å²) >= 11 is 0. The van der Waals surface area contributed by atoms with E-state index in [9.17, 15) is 0 Å². The molecule has 0 N–H and O–H groups in total. The summed E-state index contributed by atoms with van der Waals surface area (Å²) in [5.74, 6) is 1.37. The normalized spacial score (nSPS) is 30.4. The van der Waals surface area contributed by atoms with Crippen molar-refractivity contribution >= 4 is 0 Å². The first-order valence-corrected chi connectivity index (χ1v) is 6.51. The quantitative estimate of drug-likeness (QED) is 0.796. The van der Waals surface area contributed by atoms with Crippen LogP contribution in [0, 0.1) is 11.8 Å². The van der Waals surface area contributed by atoms with E-state index in [4.69, 9.17) is 4.74 Å². The molecular formula is C15H23NO. The van der Waals surface area contributed by atoms with Crippen molar-refractivity contribution in [1.29, 1.82) is 0 Å². The van der Waals surface area contributed by atoms with E-state index < -0.39 is 0 Å². The molecule has 1 fully saturated rings. The standard InChI is InChI=1S/C15H23NO/c1-12-9-16(3)10-15(13(12)2)17-11-14-7-5-4-6-8-14/h4-8,12-13,15H,9-11H2,1-3H3. The number of likely N-dealkylation sites (tertiary alicyclic amines) is 1. The predicted octanol–water partition coefficient (Wildman–Crippen LogP) is 2.79. The van der Waals surface area contributed by atoms with Crippen LogP contribution in [0.4, 0.5) is 0 Å². The Morgan fingerprint density at radius 3 is 2.59 bits per heavy atom. The molecule has 1 saturated heterocycles. The lowest BCUT2D eigenvalue weighted by atomic mass is 9.86. The fraction of sp³-hybridized carbons (Fsp3) is 0.600. The van der Waals surface area contributed by atoms with Crippen LogP contribution in [-0.2, 0) is 11.3 Å². The molecule has 3 unspecified atom stereocenters. The Morgan fingerprint density at radius 1 is 1.18 bits per heavy atom. The van der Waals surface area contributed by atoms with E-state index in [0.717, 1.165) is 19.1 Å². The van der Waals surface area contributed by atoms with Gasteiger partial charge in [0.15, 0.2) is 0 Å². The summed E-state index contributed by atoms with van der Waals surface area (Å²) in [6, 6.07) is 10.4. The molecule has 2 nitrogen and oxygen atoms in total. The molecule has 17 heavy (non-hydrogen) atoms. The van der Waals surface area contributed by atoms with E-state index in [2.05, 4.69) is 50.1 Å². The first-order valence-electron chi connectivity index (χ1n) is 6.51. The molecule has 1 aromatic rings. The number of hydrogen-bond acceptors (Lipinski definition) is 2. The fourth-order valence-electron chi connectivity index (χ4n) is 2.55. The summed E-state index contributed by atoms with van der Waals surface area (Å²) < 4.78 is 6.08. The van der Waals surface area contributed by atoms with Crippen LogP contribution in [-0.4, -0.2) is 31.1 Å². The highest BCUT2D eigenvalue weighted by Gasteiger charge is 2.30. The molecule has 94 valence electrons. The monoisotopic (exact) mass is 233 g/mol. The molecule has 0 amide bonds. The van der Waals surface area contributed by atoms with Gasteiger partial charge < -0.3 is 9.64 Å². The van der Waals surface area contributed by atoms with Crippen LogP contribution in [0.15, 0.2) is 30.3 Å². The van der Waals surface area contributed by atoms with Crippen LogP contribution < -0.4 is 0 Å². The molecule has 3 atom stereocenters. The van der Waals surface area contributed by atoms with Crippen LogP contribution in [0.3, 0.4) is 0 Å². The molecule has 2 rings (SSSR count). The average molecular weight is 233 g/mol. The molecule has 0 aromatic heterocycles. The minimum absolute atomic E-state index is 0.365. The van der Waals surface area contributed by atoms with Gasteiger partial charge in [0.2, 0.25) is 0 Å². The lowest BCUT2D eigenvalue weighted by Crippen LogP contribution is -2.46. The second kappa shape index (κ2) is 5.65. The minimum atomic E-state index is 0.365. The van der Waals surface area contributed by atoms with Crippen molar-refractivity contribution in [3.63, 3.8) is 0 Å². The predicted molar refractivity (Wildman–Crippen MR) is 70.8 cm³/mol. The Morgan fingerprint density at radius 2 is 1.88 bits per heavy atom. The van der Waals surface area contributed by atoms with Crippen molar-refractivity contribution in [3.8, 4) is 0 Å². The maximum Gasteiger partial charge on any atom is 0.0734 e. The summed E-state index contributed by atoms with van der Waals surface area (Å²) in [5, 5.41) is 0. The maximum atomic E-state index is 6.08. The molecule has 0 bridgehead atoms. The highest BCUT2D eigenvalue weighted by atomic mass is 16.5. The first kappa shape index (κ1) is 12.6. The van der Waals surface area contributed by atoms with E-state index in [1.54, 1.807) is 0 Å². The van der Waals surface area contributed by atoms with Crippen molar-refractivity contribution in [2.75, 3.05) is 20.1 Å². The smallest absolute Gasteiger partial charge is 0.0734 e. The highest BCUT2D eigenvalue weighted by Crippen LogP contribution is 2.25. The van der Waals surface area contributed by atoms with Crippen molar-refractivity contribution in [2.24, 2.45) is 11.8 Å². The van der Waals surface area contributed by atoms with Crippen LogP contribution in [0.2, 0.25) is 0 Å². The lowest BCUT2D eigenvalue weighted by Gasteiger charge is -2.39. The van der Waals surface area contributed by atoms with Crippen LogP contribution in [0.1, 0.15) is 19.4 Å². The second-order valence-electron chi connectivity index (χ2n) is 5.39. The third-order valence-corrected chi connectivity index (χ3v) is 3.88. The van der Waals surface area contributed by atoms with Gasteiger partial charge in [-0.05, 0) is 24.4 Å². The Bertz CT molecular complexity index is 338. The summed E-state index contributed by atoms with van der Waals surface area (Å²) in [4.78, 5) is 2.38. The van der Waals surface area contributed by atoms with Crippen molar-refractivity contribution < 1.29 is 4.74 Å². The number of hydrogen-bond donors (Lipinski definition) is 0. The number of benzene rings is 1. The number of rotatable bonds is 3. The average Bonchev–Trinajstić information content (AvgIpc) is 2.33. The zero-order chi connectivity index (χ0) is 12.3. The molecule has 0 aliphatic carbocycles. The van der Waals surface area contributed by atoms with Crippen molar-refractivity contribution in [1.82, 2.24) is 4.90 Å². The molecule has 1 aromatic carbocycles. The van der Waals surface area contributed by atoms with E-state index in [-0.39, 0.29) is 0 Å². The maximum absolute atomic E-state index is 6.08. The van der Waals surface area contributed by atoms with Gasteiger partial charge in [-0.2, -0.15) is 0 Å². The number of nitrogens with zero attached hydrogens (tertiary/aromatic N) is 1. The largest absolute Gasteiger partial charge is 0.372 e. The molecule has 2 heteroatoms. The zero-order valence-corrected chi connectivity index (χ0v) is 11.1. The SMILES string of the molecule is CC1CN(C)CC(OCc2ccccc2)C1C. The van der Waals surface area contributed by atoms with Crippen LogP contribution in [0.25, 0.3) is 0 Å². The lowest BCUT2D eigenvalue weighted by molar-refractivity contribution is -0.0551. The Kier molecular flexibility index (Phi) is 4.19. The van der Waals surface area contributed by atoms with E-state index in [1.807, 2.05) is 6.07 Å². The van der Waals surface area contributed by atoms with Gasteiger partial charge in [-0.15, -0.1) is 0 Å². The van der Waals surface area contributed by atoms with Crippen molar-refractivity contribution in [3.05, 3.63) is 35.9 Å². The highest BCUT2D eigenvalue weighted by molar-refractivity contribution is 5.13. The molecule has 0 spiro atoms. The zero-order valence-electron chi connectivity index (χ0n) is 11.1. The molecule has 1 heterocycles. The Hall–Kier alpha value is -0.860. The second-order valence-corrected chi connectivity index (χ2v) is 5.39. The van der Waals surface area contributed by atoms with Crippen LogP contribution in [0.5, 0.6) is 0 Å². The van der Waals surface area contributed by atoms with E-state index in [1.165, 1.54) is 12.1 Å². The summed E-state index contributed by atoms with van der Waals surface area (Å²) in [7, 11) is 2.18. The Balaban J connectivity index is 1.89. The van der Waals surface area contributed by atoms with Gasteiger partial charge >= 0.3 is 0 Å². The van der Waals surface area contributed by atoms with Gasteiger partial charge in [0.1, 0.15) is 0 Å². The Labute approximate surface area is 105 Å². The van der Waals surface area contributed by atoms with Gasteiger partial charge in [0, 0.05) is 13.1 Å². The van der Waals surface area contributed by atoms with E-state index in [0.29, 0.717) is 12.0 Å². The third-order valence-electron chi connectivity index (χ3n) is 3.88. The molecular weight excluding hydrogens is 210 g/mol. The fourth-order valence-corrected chi connectivity index (χ4v) is 2.55. The topological polar surface area (TPSA) is 12.5 Å². The summed E-state index contributed by atoms with van der Waals surface area (Å²) in [6.45, 7) is 7.60. The van der Waals surface area contributed by atoms with Gasteiger partial charge in [-0.1, -0.05) is 44.2 Å². The van der Waals surface area contributed by atoms with Gasteiger partial charge in [-0.3, -0.25) is 0 Å². The van der Waals surface area contributed by atoms with Gasteiger partial charge in [0.05, 0.1) is 12.7 Å². The summed E-state index contributed by atoms with van der Waals surface area (Å²) in [5.41, 5.74) is 1.26. The third kappa shape index (κ3) is 3.30.